The minimum Gasteiger partial charge on any atom is -0.467 e. The van der Waals surface area contributed by atoms with Gasteiger partial charge in [0.15, 0.2) is 5.16 Å². The second kappa shape index (κ2) is 7.83. The normalized spacial score (nSPS) is 15.1. The van der Waals surface area contributed by atoms with Crippen molar-refractivity contribution < 1.29 is 9.21 Å². The monoisotopic (exact) mass is 400 g/mol. The number of aromatic nitrogens is 5. The van der Waals surface area contributed by atoms with Gasteiger partial charge in [-0.05, 0) is 45.7 Å². The highest BCUT2D eigenvalue weighted by atomic mass is 32.2. The molecule has 4 rings (SSSR count). The SMILES string of the molecule is CC(C)n1nccc1NC(=O)[C@H](C)Sc1nnc(C2CC2)n1Cc1ccco1. The van der Waals surface area contributed by atoms with E-state index in [0.717, 1.165) is 29.6 Å². The molecule has 1 saturated carbocycles. The number of thioether (sulfide) groups is 1. The Morgan fingerprint density at radius 2 is 2.14 bits per heavy atom. The number of amides is 1. The number of rotatable bonds is 8. The predicted molar refractivity (Wildman–Crippen MR) is 106 cm³/mol. The van der Waals surface area contributed by atoms with Crippen LogP contribution in [-0.2, 0) is 11.3 Å². The van der Waals surface area contributed by atoms with E-state index in [9.17, 15) is 4.79 Å². The second-order valence-electron chi connectivity index (χ2n) is 7.28. The Hall–Kier alpha value is -2.55. The smallest absolute Gasteiger partial charge is 0.238 e. The average molecular weight is 401 g/mol. The van der Waals surface area contributed by atoms with Crippen molar-refractivity contribution in [3.05, 3.63) is 42.2 Å². The topological polar surface area (TPSA) is 90.8 Å². The van der Waals surface area contributed by atoms with E-state index < -0.39 is 0 Å². The highest BCUT2D eigenvalue weighted by Crippen LogP contribution is 2.40. The molecule has 0 bridgehead atoms. The third-order valence-electron chi connectivity index (χ3n) is 4.64. The molecule has 0 saturated heterocycles. The van der Waals surface area contributed by atoms with E-state index in [4.69, 9.17) is 4.42 Å². The molecular formula is C19H24N6O2S. The molecule has 0 aliphatic heterocycles. The molecule has 0 unspecified atom stereocenters. The molecule has 0 spiro atoms. The van der Waals surface area contributed by atoms with Crippen molar-refractivity contribution in [3.8, 4) is 0 Å². The van der Waals surface area contributed by atoms with Crippen LogP contribution in [-0.4, -0.2) is 35.7 Å². The molecule has 3 aromatic heterocycles. The van der Waals surface area contributed by atoms with Crippen LogP contribution in [0.2, 0.25) is 0 Å². The summed E-state index contributed by atoms with van der Waals surface area (Å²) in [5.41, 5.74) is 0. The summed E-state index contributed by atoms with van der Waals surface area (Å²) in [6.45, 7) is 6.50. The van der Waals surface area contributed by atoms with E-state index in [-0.39, 0.29) is 17.2 Å². The Morgan fingerprint density at radius 3 is 2.82 bits per heavy atom. The van der Waals surface area contributed by atoms with Gasteiger partial charge < -0.3 is 9.73 Å². The van der Waals surface area contributed by atoms with Crippen molar-refractivity contribution in [2.24, 2.45) is 0 Å². The number of hydrogen-bond acceptors (Lipinski definition) is 6. The largest absolute Gasteiger partial charge is 0.467 e. The minimum absolute atomic E-state index is 0.0899. The number of carbonyl (C=O) groups is 1. The fourth-order valence-electron chi connectivity index (χ4n) is 3.00. The van der Waals surface area contributed by atoms with Crippen LogP contribution in [0.15, 0.2) is 40.2 Å². The minimum atomic E-state index is -0.331. The van der Waals surface area contributed by atoms with Crippen molar-refractivity contribution in [2.45, 2.75) is 62.5 Å². The summed E-state index contributed by atoms with van der Waals surface area (Å²) >= 11 is 1.41. The van der Waals surface area contributed by atoms with Crippen molar-refractivity contribution >= 4 is 23.5 Å². The lowest BCUT2D eigenvalue weighted by Crippen LogP contribution is -2.25. The highest BCUT2D eigenvalue weighted by Gasteiger charge is 2.31. The lowest BCUT2D eigenvalue weighted by Gasteiger charge is -2.15. The second-order valence-corrected chi connectivity index (χ2v) is 8.59. The zero-order chi connectivity index (χ0) is 19.7. The van der Waals surface area contributed by atoms with Crippen molar-refractivity contribution in [2.75, 3.05) is 5.32 Å². The summed E-state index contributed by atoms with van der Waals surface area (Å²) in [6, 6.07) is 5.79. The first-order valence-electron chi connectivity index (χ1n) is 9.49. The summed E-state index contributed by atoms with van der Waals surface area (Å²) in [7, 11) is 0. The molecule has 0 aromatic carbocycles. The fraction of sp³-hybridized carbons (Fsp3) is 0.474. The fourth-order valence-corrected chi connectivity index (χ4v) is 3.86. The van der Waals surface area contributed by atoms with Gasteiger partial charge in [0.05, 0.1) is 24.3 Å². The van der Waals surface area contributed by atoms with E-state index in [1.54, 1.807) is 23.2 Å². The number of hydrogen-bond donors (Lipinski definition) is 1. The van der Waals surface area contributed by atoms with E-state index in [2.05, 4.69) is 25.2 Å². The molecule has 28 heavy (non-hydrogen) atoms. The molecule has 1 aliphatic carbocycles. The van der Waals surface area contributed by atoms with Gasteiger partial charge in [-0.2, -0.15) is 5.10 Å². The van der Waals surface area contributed by atoms with Crippen LogP contribution in [0, 0.1) is 0 Å². The van der Waals surface area contributed by atoms with Crippen LogP contribution in [0.1, 0.15) is 57.2 Å². The number of nitrogens with one attached hydrogen (secondary N) is 1. The van der Waals surface area contributed by atoms with Crippen LogP contribution >= 0.6 is 11.8 Å². The first kappa shape index (κ1) is 18.8. The van der Waals surface area contributed by atoms with Gasteiger partial charge in [0, 0.05) is 18.0 Å². The van der Waals surface area contributed by atoms with Crippen molar-refractivity contribution in [1.82, 2.24) is 24.5 Å². The van der Waals surface area contributed by atoms with Gasteiger partial charge >= 0.3 is 0 Å². The number of furan rings is 1. The molecule has 0 radical (unpaired) electrons. The van der Waals surface area contributed by atoms with Gasteiger partial charge in [0.1, 0.15) is 17.4 Å². The van der Waals surface area contributed by atoms with E-state index in [1.165, 1.54) is 11.8 Å². The maximum absolute atomic E-state index is 12.7. The van der Waals surface area contributed by atoms with Crippen LogP contribution in [0.4, 0.5) is 5.82 Å². The van der Waals surface area contributed by atoms with Crippen LogP contribution < -0.4 is 5.32 Å². The summed E-state index contributed by atoms with van der Waals surface area (Å²) < 4.78 is 9.36. The molecule has 8 nitrogen and oxygen atoms in total. The quantitative estimate of drug-likeness (QED) is 0.580. The van der Waals surface area contributed by atoms with E-state index >= 15 is 0 Å². The van der Waals surface area contributed by atoms with Gasteiger partial charge in [-0.3, -0.25) is 9.36 Å². The first-order chi connectivity index (χ1) is 13.5. The van der Waals surface area contributed by atoms with Gasteiger partial charge in [-0.1, -0.05) is 11.8 Å². The Morgan fingerprint density at radius 1 is 1.32 bits per heavy atom. The lowest BCUT2D eigenvalue weighted by atomic mass is 10.3. The third-order valence-corrected chi connectivity index (χ3v) is 5.72. The molecule has 148 valence electrons. The Bertz CT molecular complexity index is 942. The number of anilines is 1. The maximum Gasteiger partial charge on any atom is 0.238 e. The standard InChI is InChI=1S/C19H24N6O2S/c1-12(2)25-16(8-9-20-25)21-18(26)13(3)28-19-23-22-17(14-6-7-14)24(19)11-15-5-4-10-27-15/h4-5,8-10,12-14H,6-7,11H2,1-3H3,(H,21,26)/t13-/m0/s1. The molecule has 1 atom stereocenters. The molecule has 1 amide bonds. The van der Waals surface area contributed by atoms with Crippen molar-refractivity contribution in [3.63, 3.8) is 0 Å². The molecule has 1 N–H and O–H groups in total. The van der Waals surface area contributed by atoms with E-state index in [1.807, 2.05) is 32.9 Å². The van der Waals surface area contributed by atoms with Crippen molar-refractivity contribution in [1.29, 1.82) is 0 Å². The zero-order valence-corrected chi connectivity index (χ0v) is 17.0. The van der Waals surface area contributed by atoms with Crippen LogP contribution in [0.3, 0.4) is 0 Å². The highest BCUT2D eigenvalue weighted by molar-refractivity contribution is 8.00. The van der Waals surface area contributed by atoms with Crippen LogP contribution in [0.25, 0.3) is 0 Å². The molecule has 3 aromatic rings. The maximum atomic E-state index is 12.7. The Balaban J connectivity index is 1.48. The Labute approximate surface area is 167 Å². The molecular weight excluding hydrogens is 376 g/mol. The van der Waals surface area contributed by atoms with Gasteiger partial charge in [0.25, 0.3) is 0 Å². The molecule has 1 fully saturated rings. The molecule has 9 heteroatoms. The van der Waals surface area contributed by atoms with Gasteiger partial charge in [0.2, 0.25) is 5.91 Å². The number of carbonyl (C=O) groups excluding carboxylic acids is 1. The number of nitrogens with zero attached hydrogens (tertiary/aromatic N) is 5. The summed E-state index contributed by atoms with van der Waals surface area (Å²) in [5.74, 6) is 2.89. The summed E-state index contributed by atoms with van der Waals surface area (Å²) in [4.78, 5) is 12.7. The first-order valence-corrected chi connectivity index (χ1v) is 10.4. The van der Waals surface area contributed by atoms with Gasteiger partial charge in [-0.25, -0.2) is 4.68 Å². The molecule has 3 heterocycles. The summed E-state index contributed by atoms with van der Waals surface area (Å²) in [5, 5.41) is 16.4. The molecule has 1 aliphatic rings. The average Bonchev–Trinajstić information content (AvgIpc) is 3.06. The Kier molecular flexibility index (Phi) is 5.25. The van der Waals surface area contributed by atoms with E-state index in [0.29, 0.717) is 18.3 Å². The third kappa shape index (κ3) is 3.99. The zero-order valence-electron chi connectivity index (χ0n) is 16.2. The predicted octanol–water partition coefficient (Wildman–Crippen LogP) is 3.69. The summed E-state index contributed by atoms with van der Waals surface area (Å²) in [6.07, 6.45) is 5.62. The van der Waals surface area contributed by atoms with Gasteiger partial charge in [-0.15, -0.1) is 10.2 Å². The van der Waals surface area contributed by atoms with Crippen LogP contribution in [0.5, 0.6) is 0 Å². The lowest BCUT2D eigenvalue weighted by molar-refractivity contribution is -0.115.